The lowest BCUT2D eigenvalue weighted by Gasteiger charge is -2.14. The summed E-state index contributed by atoms with van der Waals surface area (Å²) in [7, 11) is 1.60. The van der Waals surface area contributed by atoms with Gasteiger partial charge in [-0.25, -0.2) is 0 Å². The van der Waals surface area contributed by atoms with Gasteiger partial charge in [0.1, 0.15) is 17.4 Å². The summed E-state index contributed by atoms with van der Waals surface area (Å²) < 4.78 is 6.77. The van der Waals surface area contributed by atoms with Crippen LogP contribution in [0.1, 0.15) is 11.1 Å². The molecule has 0 atom stereocenters. The number of ether oxygens (including phenoxy) is 1. The predicted molar refractivity (Wildman–Crippen MR) is 98.0 cm³/mol. The highest BCUT2D eigenvalue weighted by atomic mass is 35.5. The first-order chi connectivity index (χ1) is 12.1. The molecule has 0 unspecified atom stereocenters. The number of hydrogen-bond acceptors (Lipinski definition) is 3. The summed E-state index contributed by atoms with van der Waals surface area (Å²) >= 11 is 6.05. The van der Waals surface area contributed by atoms with Crippen molar-refractivity contribution in [3.05, 3.63) is 87.2 Å². The number of pyridine rings is 1. The summed E-state index contributed by atoms with van der Waals surface area (Å²) in [6, 6.07) is 20.0. The zero-order chi connectivity index (χ0) is 17.8. The van der Waals surface area contributed by atoms with Crippen LogP contribution in [0.3, 0.4) is 0 Å². The monoisotopic (exact) mass is 350 g/mol. The van der Waals surface area contributed by atoms with Crippen LogP contribution in [0.5, 0.6) is 5.75 Å². The fourth-order valence-corrected chi connectivity index (χ4v) is 2.87. The van der Waals surface area contributed by atoms with Gasteiger partial charge >= 0.3 is 0 Å². The second-order valence-corrected chi connectivity index (χ2v) is 5.93. The Balaban J connectivity index is 2.13. The maximum atomic E-state index is 12.7. The van der Waals surface area contributed by atoms with E-state index in [1.807, 2.05) is 48.5 Å². The molecule has 0 fully saturated rings. The highest BCUT2D eigenvalue weighted by Gasteiger charge is 2.11. The first kappa shape index (κ1) is 16.8. The fourth-order valence-electron chi connectivity index (χ4n) is 2.65. The van der Waals surface area contributed by atoms with Gasteiger partial charge in [-0.1, -0.05) is 23.7 Å². The number of nitrogens with zero attached hydrogens (tertiary/aromatic N) is 2. The molecule has 3 aromatic rings. The summed E-state index contributed by atoms with van der Waals surface area (Å²) in [6.07, 6.45) is 0. The van der Waals surface area contributed by atoms with Crippen molar-refractivity contribution in [1.82, 2.24) is 4.57 Å². The van der Waals surface area contributed by atoms with Gasteiger partial charge in [0, 0.05) is 5.02 Å². The van der Waals surface area contributed by atoms with E-state index in [4.69, 9.17) is 16.3 Å². The van der Waals surface area contributed by atoms with E-state index in [0.717, 1.165) is 22.6 Å². The van der Waals surface area contributed by atoms with Gasteiger partial charge in [0.15, 0.2) is 0 Å². The van der Waals surface area contributed by atoms with Crippen LogP contribution in [-0.2, 0) is 6.54 Å². The molecular formula is C20H15ClN2O2. The maximum absolute atomic E-state index is 12.7. The molecule has 124 valence electrons. The first-order valence-electron chi connectivity index (χ1n) is 7.65. The lowest BCUT2D eigenvalue weighted by Crippen LogP contribution is -2.24. The van der Waals surface area contributed by atoms with E-state index >= 15 is 0 Å². The zero-order valence-corrected chi connectivity index (χ0v) is 14.3. The molecule has 0 saturated carbocycles. The van der Waals surface area contributed by atoms with Crippen molar-refractivity contribution >= 4 is 11.6 Å². The highest BCUT2D eigenvalue weighted by Crippen LogP contribution is 2.23. The molecule has 0 N–H and O–H groups in total. The molecule has 4 nitrogen and oxygen atoms in total. The molecule has 0 bridgehead atoms. The number of methoxy groups -OCH3 is 1. The number of aromatic nitrogens is 1. The summed E-state index contributed by atoms with van der Waals surface area (Å²) in [4.78, 5) is 12.7. The van der Waals surface area contributed by atoms with Gasteiger partial charge in [-0.2, -0.15) is 5.26 Å². The molecule has 0 aliphatic carbocycles. The minimum Gasteiger partial charge on any atom is -0.497 e. The van der Waals surface area contributed by atoms with Crippen LogP contribution in [0.4, 0.5) is 0 Å². The van der Waals surface area contributed by atoms with Crippen molar-refractivity contribution in [3.8, 4) is 23.1 Å². The minimum absolute atomic E-state index is 0.110. The lowest BCUT2D eigenvalue weighted by molar-refractivity contribution is 0.415. The molecule has 0 aliphatic heterocycles. The molecular weight excluding hydrogens is 336 g/mol. The molecule has 1 aromatic heterocycles. The van der Waals surface area contributed by atoms with E-state index < -0.39 is 0 Å². The van der Waals surface area contributed by atoms with Gasteiger partial charge in [-0.05, 0) is 59.7 Å². The number of hydrogen-bond donors (Lipinski definition) is 0. The van der Waals surface area contributed by atoms with Crippen LogP contribution in [-0.4, -0.2) is 11.7 Å². The van der Waals surface area contributed by atoms with Crippen molar-refractivity contribution in [1.29, 1.82) is 5.26 Å². The summed E-state index contributed by atoms with van der Waals surface area (Å²) in [6.45, 7) is 0.330. The molecule has 0 radical (unpaired) electrons. The fraction of sp³-hybridized carbons (Fsp3) is 0.100. The Hall–Kier alpha value is -3.03. The largest absolute Gasteiger partial charge is 0.497 e. The van der Waals surface area contributed by atoms with Gasteiger partial charge < -0.3 is 9.30 Å². The number of halogens is 1. The first-order valence-corrected chi connectivity index (χ1v) is 8.03. The Kier molecular flexibility index (Phi) is 4.87. The predicted octanol–water partition coefficient (Wildman–Crippen LogP) is 4.10. The maximum Gasteiger partial charge on any atom is 0.269 e. The van der Waals surface area contributed by atoms with E-state index in [0.29, 0.717) is 11.6 Å². The molecule has 2 aromatic carbocycles. The molecule has 5 heteroatoms. The SMILES string of the molecule is COc1ccc(-c2ccc(C#N)c(=O)n2Cc2cccc(Cl)c2)cc1. The van der Waals surface area contributed by atoms with Crippen LogP contribution in [0.25, 0.3) is 11.3 Å². The third kappa shape index (κ3) is 3.57. The minimum atomic E-state index is -0.323. The number of nitriles is 1. The van der Waals surface area contributed by atoms with Crippen molar-refractivity contribution in [2.24, 2.45) is 0 Å². The van der Waals surface area contributed by atoms with Crippen molar-refractivity contribution in [2.45, 2.75) is 6.54 Å². The van der Waals surface area contributed by atoms with Crippen molar-refractivity contribution in [3.63, 3.8) is 0 Å². The van der Waals surface area contributed by atoms with Gasteiger partial charge in [0.25, 0.3) is 5.56 Å². The van der Waals surface area contributed by atoms with E-state index in [2.05, 4.69) is 0 Å². The Bertz CT molecular complexity index is 1000. The van der Waals surface area contributed by atoms with Gasteiger partial charge in [0.2, 0.25) is 0 Å². The Labute approximate surface area is 150 Å². The highest BCUT2D eigenvalue weighted by molar-refractivity contribution is 6.30. The van der Waals surface area contributed by atoms with Gasteiger partial charge in [-0.15, -0.1) is 0 Å². The van der Waals surface area contributed by atoms with Crippen LogP contribution >= 0.6 is 11.6 Å². The molecule has 0 amide bonds. The van der Waals surface area contributed by atoms with E-state index in [1.54, 1.807) is 29.9 Å². The smallest absolute Gasteiger partial charge is 0.269 e. The van der Waals surface area contributed by atoms with Gasteiger partial charge in [-0.3, -0.25) is 4.79 Å². The topological polar surface area (TPSA) is 55.0 Å². The standard InChI is InChI=1S/C20H15ClN2O2/c1-25-18-8-5-15(6-9-18)19-10-7-16(12-22)20(24)23(19)13-14-3-2-4-17(21)11-14/h2-11H,13H2,1H3. The lowest BCUT2D eigenvalue weighted by atomic mass is 10.1. The number of benzene rings is 2. The third-order valence-electron chi connectivity index (χ3n) is 3.91. The second kappa shape index (κ2) is 7.25. The molecule has 0 spiro atoms. The third-order valence-corrected chi connectivity index (χ3v) is 4.15. The second-order valence-electron chi connectivity index (χ2n) is 5.49. The summed E-state index contributed by atoms with van der Waals surface area (Å²) in [5, 5.41) is 9.79. The van der Waals surface area contributed by atoms with Crippen LogP contribution in [0.15, 0.2) is 65.5 Å². The molecule has 0 aliphatic rings. The number of rotatable bonds is 4. The average molecular weight is 351 g/mol. The Morgan fingerprint density at radius 1 is 1.12 bits per heavy atom. The molecule has 1 heterocycles. The average Bonchev–Trinajstić information content (AvgIpc) is 2.63. The summed E-state index contributed by atoms with van der Waals surface area (Å²) in [5.74, 6) is 0.737. The Morgan fingerprint density at radius 2 is 1.88 bits per heavy atom. The van der Waals surface area contributed by atoms with Crippen molar-refractivity contribution in [2.75, 3.05) is 7.11 Å². The molecule has 0 saturated heterocycles. The zero-order valence-electron chi connectivity index (χ0n) is 13.6. The van der Waals surface area contributed by atoms with Gasteiger partial charge in [0.05, 0.1) is 19.3 Å². The van der Waals surface area contributed by atoms with E-state index in [9.17, 15) is 10.1 Å². The van der Waals surface area contributed by atoms with Crippen LogP contribution < -0.4 is 10.3 Å². The quantitative estimate of drug-likeness (QED) is 0.712. The van der Waals surface area contributed by atoms with Crippen LogP contribution in [0.2, 0.25) is 5.02 Å². The van der Waals surface area contributed by atoms with E-state index in [1.165, 1.54) is 0 Å². The molecule has 3 rings (SSSR count). The normalized spacial score (nSPS) is 10.3. The van der Waals surface area contributed by atoms with Crippen LogP contribution in [0, 0.1) is 11.3 Å². The Morgan fingerprint density at radius 3 is 2.52 bits per heavy atom. The van der Waals surface area contributed by atoms with Crippen molar-refractivity contribution < 1.29 is 4.74 Å². The van der Waals surface area contributed by atoms with E-state index in [-0.39, 0.29) is 11.1 Å². The molecule has 25 heavy (non-hydrogen) atoms. The summed E-state index contributed by atoms with van der Waals surface area (Å²) in [5.41, 5.74) is 2.27.